The molecule has 0 radical (unpaired) electrons. The van der Waals surface area contributed by atoms with E-state index in [1.165, 1.54) is 6.07 Å². The van der Waals surface area contributed by atoms with E-state index >= 15 is 0 Å². The summed E-state index contributed by atoms with van der Waals surface area (Å²) in [5.41, 5.74) is 0.615. The number of nitrogens with zero attached hydrogens (tertiary/aromatic N) is 1. The quantitative estimate of drug-likeness (QED) is 0.528. The Balaban J connectivity index is 3.41. The highest BCUT2D eigenvalue weighted by Gasteiger charge is 2.23. The first-order valence-electron chi connectivity index (χ1n) is 4.68. The lowest BCUT2D eigenvalue weighted by Gasteiger charge is -2.22. The summed E-state index contributed by atoms with van der Waals surface area (Å²) in [5, 5.41) is 10.5. The van der Waals surface area contributed by atoms with Gasteiger partial charge >= 0.3 is 0 Å². The first-order chi connectivity index (χ1) is 6.73. The van der Waals surface area contributed by atoms with E-state index in [1.807, 2.05) is 20.8 Å². The van der Waals surface area contributed by atoms with Gasteiger partial charge in [-0.25, -0.2) is 4.39 Å². The maximum Gasteiger partial charge on any atom is 0.272 e. The number of hydrogen-bond acceptors (Lipinski definition) is 2. The molecule has 0 amide bonds. The van der Waals surface area contributed by atoms with Gasteiger partial charge in [0, 0.05) is 6.07 Å². The lowest BCUT2D eigenvalue weighted by molar-refractivity contribution is -0.385. The molecule has 0 aromatic heterocycles. The molecule has 0 saturated heterocycles. The highest BCUT2D eigenvalue weighted by Crippen LogP contribution is 2.31. The van der Waals surface area contributed by atoms with Gasteiger partial charge in [-0.05, 0) is 23.5 Å². The van der Waals surface area contributed by atoms with Gasteiger partial charge < -0.3 is 0 Å². The first-order valence-corrected chi connectivity index (χ1v) is 4.68. The summed E-state index contributed by atoms with van der Waals surface area (Å²) < 4.78 is 13.7. The highest BCUT2D eigenvalue weighted by molar-refractivity contribution is 5.43. The first kappa shape index (κ1) is 11.6. The fraction of sp³-hybridized carbons (Fsp3) is 0.455. The predicted octanol–water partition coefficient (Wildman–Crippen LogP) is 3.34. The van der Waals surface area contributed by atoms with Gasteiger partial charge in [-0.2, -0.15) is 0 Å². The van der Waals surface area contributed by atoms with Crippen molar-refractivity contribution < 1.29 is 9.31 Å². The molecule has 82 valence electrons. The van der Waals surface area contributed by atoms with E-state index in [1.54, 1.807) is 6.92 Å². The third-order valence-corrected chi connectivity index (χ3v) is 2.23. The van der Waals surface area contributed by atoms with Crippen molar-refractivity contribution in [1.82, 2.24) is 0 Å². The zero-order valence-electron chi connectivity index (χ0n) is 9.30. The molecule has 0 aliphatic heterocycles. The number of aryl methyl sites for hydroxylation is 1. The third kappa shape index (κ3) is 2.32. The zero-order valence-corrected chi connectivity index (χ0v) is 9.30. The molecule has 0 bridgehead atoms. The Morgan fingerprint density at radius 2 is 1.87 bits per heavy atom. The summed E-state index contributed by atoms with van der Waals surface area (Å²) >= 11 is 0. The van der Waals surface area contributed by atoms with Gasteiger partial charge in [-0.15, -0.1) is 0 Å². The van der Waals surface area contributed by atoms with E-state index in [0.717, 1.165) is 6.07 Å². The molecule has 0 spiro atoms. The van der Waals surface area contributed by atoms with Crippen molar-refractivity contribution in [2.24, 2.45) is 0 Å². The van der Waals surface area contributed by atoms with Crippen molar-refractivity contribution in [1.29, 1.82) is 0 Å². The average Bonchev–Trinajstić information content (AvgIpc) is 1.99. The van der Waals surface area contributed by atoms with Gasteiger partial charge in [0.15, 0.2) is 0 Å². The van der Waals surface area contributed by atoms with E-state index < -0.39 is 10.7 Å². The number of nitro benzene ring substituents is 1. The van der Waals surface area contributed by atoms with Crippen LogP contribution in [0.5, 0.6) is 0 Å². The topological polar surface area (TPSA) is 43.1 Å². The molecule has 1 aromatic carbocycles. The summed E-state index contributed by atoms with van der Waals surface area (Å²) in [7, 11) is 0. The van der Waals surface area contributed by atoms with Crippen molar-refractivity contribution >= 4 is 5.69 Å². The van der Waals surface area contributed by atoms with Crippen molar-refractivity contribution in [2.45, 2.75) is 33.1 Å². The second kappa shape index (κ2) is 3.61. The van der Waals surface area contributed by atoms with Crippen LogP contribution in [0.4, 0.5) is 10.1 Å². The zero-order chi connectivity index (χ0) is 11.8. The van der Waals surface area contributed by atoms with Gasteiger partial charge in [-0.1, -0.05) is 20.8 Å². The second-order valence-electron chi connectivity index (χ2n) is 4.63. The van der Waals surface area contributed by atoms with Gasteiger partial charge in [0.05, 0.1) is 11.0 Å². The fourth-order valence-electron chi connectivity index (χ4n) is 1.78. The molecule has 1 rings (SSSR count). The van der Waals surface area contributed by atoms with E-state index in [9.17, 15) is 14.5 Å². The Bertz CT molecular complexity index is 385. The molecule has 0 heterocycles. The third-order valence-electron chi connectivity index (χ3n) is 2.23. The smallest absolute Gasteiger partial charge is 0.258 e. The molecule has 0 aliphatic rings. The minimum absolute atomic E-state index is 0.196. The van der Waals surface area contributed by atoms with Gasteiger partial charge in [0.2, 0.25) is 0 Å². The van der Waals surface area contributed by atoms with Crippen molar-refractivity contribution in [3.63, 3.8) is 0 Å². The van der Waals surface area contributed by atoms with E-state index in [2.05, 4.69) is 0 Å². The largest absolute Gasteiger partial charge is 0.272 e. The maximum absolute atomic E-state index is 13.7. The number of non-ortho nitro benzene ring substituents is 1. The van der Waals surface area contributed by atoms with Crippen LogP contribution in [-0.4, -0.2) is 4.92 Å². The van der Waals surface area contributed by atoms with Crippen molar-refractivity contribution in [2.75, 3.05) is 0 Å². The summed E-state index contributed by atoms with van der Waals surface area (Å²) in [6, 6.07) is 2.39. The monoisotopic (exact) mass is 211 g/mol. The Morgan fingerprint density at radius 1 is 1.33 bits per heavy atom. The van der Waals surface area contributed by atoms with Crippen LogP contribution in [0.3, 0.4) is 0 Å². The molecule has 4 heteroatoms. The Labute approximate surface area is 88.1 Å². The molecule has 3 nitrogen and oxygen atoms in total. The maximum atomic E-state index is 13.7. The van der Waals surface area contributed by atoms with Crippen LogP contribution >= 0.6 is 0 Å². The second-order valence-corrected chi connectivity index (χ2v) is 4.63. The molecule has 0 fully saturated rings. The molecule has 0 N–H and O–H groups in total. The lowest BCUT2D eigenvalue weighted by Crippen LogP contribution is -2.15. The average molecular weight is 211 g/mol. The Morgan fingerprint density at radius 3 is 2.20 bits per heavy atom. The van der Waals surface area contributed by atoms with Crippen LogP contribution in [0.15, 0.2) is 12.1 Å². The summed E-state index contributed by atoms with van der Waals surface area (Å²) in [5.74, 6) is -0.505. The SMILES string of the molecule is Cc1cc([N+](=O)[O-])cc(F)c1C(C)(C)C. The molecule has 0 aliphatic carbocycles. The summed E-state index contributed by atoms with van der Waals surface area (Å²) in [6.45, 7) is 7.33. The molecule has 0 saturated carbocycles. The standard InChI is InChI=1S/C11H14FNO2/c1-7-5-8(13(14)15)6-9(12)10(7)11(2,3)4/h5-6H,1-4H3. The van der Waals surface area contributed by atoms with E-state index in [0.29, 0.717) is 11.1 Å². The summed E-state index contributed by atoms with van der Waals surface area (Å²) in [6.07, 6.45) is 0. The van der Waals surface area contributed by atoms with Crippen molar-refractivity contribution in [3.05, 3.63) is 39.2 Å². The number of benzene rings is 1. The Kier molecular flexibility index (Phi) is 2.79. The Hall–Kier alpha value is -1.45. The molecule has 1 aromatic rings. The van der Waals surface area contributed by atoms with Gasteiger partial charge in [0.25, 0.3) is 5.69 Å². The van der Waals surface area contributed by atoms with Crippen LogP contribution in [0.25, 0.3) is 0 Å². The number of hydrogen-bond donors (Lipinski definition) is 0. The minimum atomic E-state index is -0.581. The normalized spacial score (nSPS) is 11.5. The van der Waals surface area contributed by atoms with Gasteiger partial charge in [-0.3, -0.25) is 10.1 Å². The van der Waals surface area contributed by atoms with Gasteiger partial charge in [0.1, 0.15) is 5.82 Å². The minimum Gasteiger partial charge on any atom is -0.258 e. The molecule has 0 unspecified atom stereocenters. The van der Waals surface area contributed by atoms with Crippen LogP contribution in [0.2, 0.25) is 0 Å². The van der Waals surface area contributed by atoms with Crippen LogP contribution < -0.4 is 0 Å². The molecule has 0 atom stereocenters. The summed E-state index contributed by atoms with van der Waals surface area (Å²) in [4.78, 5) is 9.92. The van der Waals surface area contributed by atoms with Crippen LogP contribution in [0.1, 0.15) is 31.9 Å². The molecular weight excluding hydrogens is 197 g/mol. The van der Waals surface area contributed by atoms with E-state index in [4.69, 9.17) is 0 Å². The van der Waals surface area contributed by atoms with Crippen LogP contribution in [-0.2, 0) is 5.41 Å². The number of halogens is 1. The van der Waals surface area contributed by atoms with E-state index in [-0.39, 0.29) is 11.1 Å². The molecule has 15 heavy (non-hydrogen) atoms. The predicted molar refractivity (Wildman–Crippen MR) is 56.5 cm³/mol. The van der Waals surface area contributed by atoms with Crippen molar-refractivity contribution in [3.8, 4) is 0 Å². The number of nitro groups is 1. The highest BCUT2D eigenvalue weighted by atomic mass is 19.1. The fourth-order valence-corrected chi connectivity index (χ4v) is 1.78. The lowest BCUT2D eigenvalue weighted by atomic mass is 9.83. The number of rotatable bonds is 1. The molecular formula is C11H14FNO2. The van der Waals surface area contributed by atoms with Crippen LogP contribution in [0, 0.1) is 22.9 Å².